The van der Waals surface area contributed by atoms with Crippen molar-refractivity contribution in [3.05, 3.63) is 64.5 Å². The van der Waals surface area contributed by atoms with E-state index in [4.69, 9.17) is 0 Å². The zero-order valence-corrected chi connectivity index (χ0v) is 12.4. The summed E-state index contributed by atoms with van der Waals surface area (Å²) in [4.78, 5) is 11.7. The van der Waals surface area contributed by atoms with Crippen molar-refractivity contribution < 1.29 is 27.5 Å². The Morgan fingerprint density at radius 3 is 2.42 bits per heavy atom. The molecule has 0 radical (unpaired) electrons. The summed E-state index contributed by atoms with van der Waals surface area (Å²) in [6.07, 6.45) is -3.81. The van der Waals surface area contributed by atoms with Crippen molar-refractivity contribution in [2.45, 2.75) is 13.1 Å². The van der Waals surface area contributed by atoms with Gasteiger partial charge >= 0.3 is 6.18 Å². The van der Waals surface area contributed by atoms with E-state index in [9.17, 15) is 27.5 Å². The van der Waals surface area contributed by atoms with E-state index in [1.54, 1.807) is 0 Å². The third-order valence-corrected chi connectivity index (χ3v) is 3.07. The third-order valence-electron chi connectivity index (χ3n) is 3.07. The molecule has 0 aliphatic rings. The first-order chi connectivity index (χ1) is 11.2. The van der Waals surface area contributed by atoms with Crippen molar-refractivity contribution in [3.8, 4) is 5.75 Å². The summed E-state index contributed by atoms with van der Waals surface area (Å²) < 4.78 is 51.2. The lowest BCUT2D eigenvalue weighted by molar-refractivity contribution is -0.138. The summed E-state index contributed by atoms with van der Waals surface area (Å²) in [5.74, 6) is -2.17. The molecule has 2 aromatic rings. The van der Waals surface area contributed by atoms with Gasteiger partial charge in [-0.15, -0.1) is 0 Å². The van der Waals surface area contributed by atoms with Crippen LogP contribution in [0.5, 0.6) is 5.75 Å². The number of carbonyl (C=O) groups excluding carboxylic acids is 1. The zero-order valence-electron chi connectivity index (χ0n) is 12.4. The van der Waals surface area contributed by atoms with E-state index >= 15 is 0 Å². The van der Waals surface area contributed by atoms with Gasteiger partial charge in [0.25, 0.3) is 5.91 Å². The summed E-state index contributed by atoms with van der Waals surface area (Å²) in [5, 5.41) is 13.2. The van der Waals surface area contributed by atoms with Crippen molar-refractivity contribution in [2.24, 2.45) is 5.10 Å². The lowest BCUT2D eigenvalue weighted by atomic mass is 10.0. The van der Waals surface area contributed by atoms with Gasteiger partial charge in [-0.25, -0.2) is 9.82 Å². The monoisotopic (exact) mass is 340 g/mol. The van der Waals surface area contributed by atoms with Gasteiger partial charge in [0, 0.05) is 11.1 Å². The Hall–Kier alpha value is -2.90. The highest BCUT2D eigenvalue weighted by Crippen LogP contribution is 2.37. The van der Waals surface area contributed by atoms with Gasteiger partial charge in [-0.3, -0.25) is 4.79 Å². The molecule has 24 heavy (non-hydrogen) atoms. The molecule has 0 spiro atoms. The predicted octanol–water partition coefficient (Wildman–Crippen LogP) is 3.62. The molecular weight excluding hydrogens is 328 g/mol. The van der Waals surface area contributed by atoms with Crippen LogP contribution in [0.4, 0.5) is 17.6 Å². The van der Waals surface area contributed by atoms with E-state index in [0.29, 0.717) is 0 Å². The second kappa shape index (κ2) is 6.69. The first-order valence-corrected chi connectivity index (χ1v) is 6.68. The van der Waals surface area contributed by atoms with E-state index in [2.05, 4.69) is 10.5 Å². The Kier molecular flexibility index (Phi) is 4.87. The Morgan fingerprint density at radius 2 is 1.83 bits per heavy atom. The first kappa shape index (κ1) is 17.5. The fourth-order valence-corrected chi connectivity index (χ4v) is 1.95. The third kappa shape index (κ3) is 4.09. The molecule has 0 heterocycles. The van der Waals surface area contributed by atoms with Gasteiger partial charge in [-0.1, -0.05) is 0 Å². The zero-order chi connectivity index (χ0) is 17.9. The number of hydrogen-bond acceptors (Lipinski definition) is 3. The van der Waals surface area contributed by atoms with Crippen LogP contribution in [0.1, 0.15) is 27.0 Å². The standard InChI is InChI=1S/C16H12F4N2O2/c1-9-6-11(14(23)13(7-9)16(18,19)20)8-21-22-15(24)10-2-4-12(17)5-3-10/h2-8,23H,1H3,(H,22,24)/b21-8+. The molecule has 0 unspecified atom stereocenters. The molecule has 0 aliphatic heterocycles. The fraction of sp³-hybridized carbons (Fsp3) is 0.125. The molecule has 0 atom stereocenters. The van der Waals surface area contributed by atoms with Crippen LogP contribution in [0.25, 0.3) is 0 Å². The summed E-state index contributed by atoms with van der Waals surface area (Å²) >= 11 is 0. The van der Waals surface area contributed by atoms with Gasteiger partial charge in [-0.05, 0) is 48.9 Å². The molecular formula is C16H12F4N2O2. The van der Waals surface area contributed by atoms with Crippen LogP contribution in [-0.2, 0) is 6.18 Å². The lowest BCUT2D eigenvalue weighted by Gasteiger charge is -2.11. The van der Waals surface area contributed by atoms with Crippen molar-refractivity contribution in [1.82, 2.24) is 5.43 Å². The summed E-state index contributed by atoms with van der Waals surface area (Å²) in [6.45, 7) is 1.43. The molecule has 126 valence electrons. The number of aromatic hydroxyl groups is 1. The number of hydrogen-bond donors (Lipinski definition) is 2. The molecule has 2 rings (SSSR count). The average Bonchev–Trinajstić information content (AvgIpc) is 2.49. The molecule has 2 aromatic carbocycles. The second-order valence-corrected chi connectivity index (χ2v) is 4.95. The Balaban J connectivity index is 2.19. The SMILES string of the molecule is Cc1cc(/C=N/NC(=O)c2ccc(F)cc2)c(O)c(C(F)(F)F)c1. The molecule has 8 heteroatoms. The number of rotatable bonds is 3. The quantitative estimate of drug-likeness (QED) is 0.509. The molecule has 0 aromatic heterocycles. The molecule has 0 saturated carbocycles. The number of phenols is 1. The minimum absolute atomic E-state index is 0.123. The largest absolute Gasteiger partial charge is 0.507 e. The van der Waals surface area contributed by atoms with Crippen LogP contribution in [0.3, 0.4) is 0 Å². The fourth-order valence-electron chi connectivity index (χ4n) is 1.95. The average molecular weight is 340 g/mol. The maximum Gasteiger partial charge on any atom is 0.419 e. The molecule has 0 bridgehead atoms. The normalized spacial score (nSPS) is 11.7. The number of aryl methyl sites for hydroxylation is 1. The van der Waals surface area contributed by atoms with Gasteiger partial charge < -0.3 is 5.11 Å². The number of hydrazone groups is 1. The molecule has 0 saturated heterocycles. The number of benzene rings is 2. The van der Waals surface area contributed by atoms with E-state index in [1.807, 2.05) is 0 Å². The minimum atomic E-state index is -4.71. The Morgan fingerprint density at radius 1 is 1.21 bits per heavy atom. The number of nitrogens with one attached hydrogen (secondary N) is 1. The second-order valence-electron chi connectivity index (χ2n) is 4.95. The van der Waals surface area contributed by atoms with Crippen molar-refractivity contribution >= 4 is 12.1 Å². The van der Waals surface area contributed by atoms with E-state index in [1.165, 1.54) is 25.1 Å². The molecule has 1 amide bonds. The highest BCUT2D eigenvalue weighted by Gasteiger charge is 2.34. The number of amides is 1. The maximum absolute atomic E-state index is 12.8. The topological polar surface area (TPSA) is 61.7 Å². The highest BCUT2D eigenvalue weighted by molar-refractivity contribution is 5.95. The van der Waals surface area contributed by atoms with Gasteiger partial charge in [-0.2, -0.15) is 18.3 Å². The number of nitrogens with zero attached hydrogens (tertiary/aromatic N) is 1. The Labute approximate surface area is 134 Å². The van der Waals surface area contributed by atoms with Gasteiger partial charge in [0.05, 0.1) is 11.8 Å². The van der Waals surface area contributed by atoms with Gasteiger partial charge in [0.15, 0.2) is 0 Å². The minimum Gasteiger partial charge on any atom is -0.507 e. The summed E-state index contributed by atoms with van der Waals surface area (Å²) in [7, 11) is 0. The summed E-state index contributed by atoms with van der Waals surface area (Å²) in [6, 6.07) is 6.72. The van der Waals surface area contributed by atoms with E-state index < -0.39 is 29.2 Å². The number of alkyl halides is 3. The van der Waals surface area contributed by atoms with Crippen LogP contribution >= 0.6 is 0 Å². The number of halogens is 4. The van der Waals surface area contributed by atoms with Gasteiger partial charge in [0.1, 0.15) is 11.6 Å². The first-order valence-electron chi connectivity index (χ1n) is 6.68. The van der Waals surface area contributed by atoms with E-state index in [-0.39, 0.29) is 16.7 Å². The molecule has 4 nitrogen and oxygen atoms in total. The molecule has 0 aliphatic carbocycles. The lowest BCUT2D eigenvalue weighted by Crippen LogP contribution is -2.17. The predicted molar refractivity (Wildman–Crippen MR) is 79.3 cm³/mol. The molecule has 0 fully saturated rings. The number of phenolic OH excluding ortho intramolecular Hbond substituents is 1. The van der Waals surface area contributed by atoms with Crippen molar-refractivity contribution in [3.63, 3.8) is 0 Å². The number of carbonyl (C=O) groups is 1. The van der Waals surface area contributed by atoms with E-state index in [0.717, 1.165) is 24.4 Å². The Bertz CT molecular complexity index is 784. The van der Waals surface area contributed by atoms with Crippen LogP contribution in [0.2, 0.25) is 0 Å². The van der Waals surface area contributed by atoms with Crippen LogP contribution in [0, 0.1) is 12.7 Å². The van der Waals surface area contributed by atoms with Crippen LogP contribution in [0.15, 0.2) is 41.5 Å². The van der Waals surface area contributed by atoms with Crippen LogP contribution in [-0.4, -0.2) is 17.2 Å². The summed E-state index contributed by atoms with van der Waals surface area (Å²) in [5.41, 5.74) is 1.10. The molecule has 2 N–H and O–H groups in total. The highest BCUT2D eigenvalue weighted by atomic mass is 19.4. The smallest absolute Gasteiger partial charge is 0.419 e. The maximum atomic E-state index is 12.8. The van der Waals surface area contributed by atoms with Gasteiger partial charge in [0.2, 0.25) is 0 Å². The van der Waals surface area contributed by atoms with Crippen molar-refractivity contribution in [1.29, 1.82) is 0 Å². The van der Waals surface area contributed by atoms with Crippen molar-refractivity contribution in [2.75, 3.05) is 0 Å². The van der Waals surface area contributed by atoms with Crippen LogP contribution < -0.4 is 5.43 Å².